The normalized spacial score (nSPS) is 15.5. The van der Waals surface area contributed by atoms with E-state index in [1.807, 2.05) is 36.4 Å². The summed E-state index contributed by atoms with van der Waals surface area (Å²) in [6.45, 7) is 0. The fourth-order valence-electron chi connectivity index (χ4n) is 3.38. The predicted molar refractivity (Wildman–Crippen MR) is 97.6 cm³/mol. The summed E-state index contributed by atoms with van der Waals surface area (Å²) in [5, 5.41) is 2.38. The lowest BCUT2D eigenvalue weighted by atomic mass is 9.85. The Kier molecular flexibility index (Phi) is 3.66. The Balaban J connectivity index is 1.77. The lowest BCUT2D eigenvalue weighted by molar-refractivity contribution is 0.102. The van der Waals surface area contributed by atoms with Gasteiger partial charge >= 0.3 is 0 Å². The maximum Gasteiger partial charge on any atom is 0.189 e. The van der Waals surface area contributed by atoms with Crippen LogP contribution < -0.4 is 4.74 Å². The van der Waals surface area contributed by atoms with Crippen LogP contribution in [-0.2, 0) is 6.42 Å². The minimum absolute atomic E-state index is 0.131. The van der Waals surface area contributed by atoms with Crippen molar-refractivity contribution in [3.63, 3.8) is 0 Å². The zero-order chi connectivity index (χ0) is 16.5. The number of rotatable bonds is 2. The monoisotopic (exact) mass is 314 g/mol. The number of fused-ring (bicyclic) bond motifs is 2. The van der Waals surface area contributed by atoms with Gasteiger partial charge in [0.25, 0.3) is 0 Å². The van der Waals surface area contributed by atoms with Gasteiger partial charge in [-0.1, -0.05) is 42.5 Å². The zero-order valence-electron chi connectivity index (χ0n) is 13.6. The molecule has 0 spiro atoms. The zero-order valence-corrected chi connectivity index (χ0v) is 13.6. The Morgan fingerprint density at radius 2 is 1.79 bits per heavy atom. The Hall–Kier alpha value is -2.87. The highest BCUT2D eigenvalue weighted by Crippen LogP contribution is 2.30. The molecule has 0 amide bonds. The SMILES string of the molecule is COc1ccc2c(c1)CC/C(=C/c1cccc3ccccc13)C2=O. The molecule has 24 heavy (non-hydrogen) atoms. The number of hydrogen-bond acceptors (Lipinski definition) is 2. The molecule has 0 radical (unpaired) electrons. The Morgan fingerprint density at radius 3 is 2.67 bits per heavy atom. The van der Waals surface area contributed by atoms with Crippen molar-refractivity contribution < 1.29 is 9.53 Å². The summed E-state index contributed by atoms with van der Waals surface area (Å²) in [7, 11) is 1.65. The van der Waals surface area contributed by atoms with Gasteiger partial charge in [-0.05, 0) is 59.0 Å². The number of ether oxygens (including phenoxy) is 1. The third-order valence-corrected chi connectivity index (χ3v) is 4.67. The van der Waals surface area contributed by atoms with E-state index in [9.17, 15) is 4.79 Å². The van der Waals surface area contributed by atoms with Crippen LogP contribution in [0.3, 0.4) is 0 Å². The van der Waals surface area contributed by atoms with E-state index in [1.165, 1.54) is 10.8 Å². The molecular formula is C22H18O2. The Morgan fingerprint density at radius 1 is 0.958 bits per heavy atom. The van der Waals surface area contributed by atoms with Crippen molar-refractivity contribution in [3.8, 4) is 5.75 Å². The smallest absolute Gasteiger partial charge is 0.189 e. The molecule has 3 aromatic carbocycles. The molecule has 3 aromatic rings. The van der Waals surface area contributed by atoms with E-state index in [4.69, 9.17) is 4.74 Å². The van der Waals surface area contributed by atoms with Crippen molar-refractivity contribution >= 4 is 22.6 Å². The number of ketones is 1. The molecule has 0 fully saturated rings. The molecule has 0 saturated carbocycles. The van der Waals surface area contributed by atoms with E-state index in [0.29, 0.717) is 0 Å². The Bertz CT molecular complexity index is 961. The van der Waals surface area contributed by atoms with Crippen LogP contribution in [0.25, 0.3) is 16.8 Å². The molecule has 1 aliphatic rings. The number of Topliss-reactive ketones (excluding diaryl/α,β-unsaturated/α-hetero) is 1. The summed E-state index contributed by atoms with van der Waals surface area (Å²) < 4.78 is 5.26. The molecule has 0 N–H and O–H groups in total. The molecule has 0 bridgehead atoms. The first kappa shape index (κ1) is 14.7. The fraction of sp³-hybridized carbons (Fsp3) is 0.136. The van der Waals surface area contributed by atoms with E-state index in [0.717, 1.165) is 40.9 Å². The van der Waals surface area contributed by atoms with Crippen LogP contribution in [0.1, 0.15) is 27.9 Å². The maximum atomic E-state index is 12.8. The Labute approximate surface area is 141 Å². The molecule has 4 rings (SSSR count). The van der Waals surface area contributed by atoms with Gasteiger partial charge in [-0.2, -0.15) is 0 Å². The van der Waals surface area contributed by atoms with Crippen LogP contribution in [0.4, 0.5) is 0 Å². The standard InChI is InChI=1S/C22H18O2/c1-24-19-11-12-21-17(14-19)9-10-18(22(21)23)13-16-7-4-6-15-5-2-3-8-20(15)16/h2-8,11-14H,9-10H2,1H3/b18-13-. The highest BCUT2D eigenvalue weighted by Gasteiger charge is 2.22. The van der Waals surface area contributed by atoms with Crippen molar-refractivity contribution in [2.75, 3.05) is 7.11 Å². The number of benzene rings is 3. The number of hydrogen-bond donors (Lipinski definition) is 0. The van der Waals surface area contributed by atoms with Crippen molar-refractivity contribution in [2.45, 2.75) is 12.8 Å². The molecule has 1 aliphatic carbocycles. The molecule has 0 aliphatic heterocycles. The summed E-state index contributed by atoms with van der Waals surface area (Å²) in [4.78, 5) is 12.8. The molecule has 0 unspecified atom stereocenters. The summed E-state index contributed by atoms with van der Waals surface area (Å²) in [6.07, 6.45) is 3.69. The molecule has 0 aromatic heterocycles. The first-order valence-electron chi connectivity index (χ1n) is 8.16. The average molecular weight is 314 g/mol. The average Bonchev–Trinajstić information content (AvgIpc) is 2.64. The highest BCUT2D eigenvalue weighted by molar-refractivity contribution is 6.14. The van der Waals surface area contributed by atoms with Gasteiger partial charge in [-0.3, -0.25) is 4.79 Å². The highest BCUT2D eigenvalue weighted by atomic mass is 16.5. The van der Waals surface area contributed by atoms with Gasteiger partial charge in [0, 0.05) is 11.1 Å². The third-order valence-electron chi connectivity index (χ3n) is 4.67. The lowest BCUT2D eigenvalue weighted by Crippen LogP contribution is -2.14. The van der Waals surface area contributed by atoms with Crippen LogP contribution in [0.15, 0.2) is 66.2 Å². The largest absolute Gasteiger partial charge is 0.497 e. The summed E-state index contributed by atoms with van der Waals surface area (Å²) in [6, 6.07) is 20.2. The fourth-order valence-corrected chi connectivity index (χ4v) is 3.38. The van der Waals surface area contributed by atoms with Gasteiger partial charge in [0.15, 0.2) is 5.78 Å². The molecule has 0 atom stereocenters. The second-order valence-electron chi connectivity index (χ2n) is 6.09. The van der Waals surface area contributed by atoms with Gasteiger partial charge in [-0.15, -0.1) is 0 Å². The number of allylic oxidation sites excluding steroid dienone is 1. The first-order chi connectivity index (χ1) is 11.8. The van der Waals surface area contributed by atoms with Gasteiger partial charge in [-0.25, -0.2) is 0 Å². The van der Waals surface area contributed by atoms with Crippen LogP contribution in [0, 0.1) is 0 Å². The molecule has 2 nitrogen and oxygen atoms in total. The van der Waals surface area contributed by atoms with E-state index < -0.39 is 0 Å². The van der Waals surface area contributed by atoms with E-state index >= 15 is 0 Å². The number of carbonyl (C=O) groups is 1. The molecular weight excluding hydrogens is 296 g/mol. The van der Waals surface area contributed by atoms with Gasteiger partial charge < -0.3 is 4.74 Å². The quantitative estimate of drug-likeness (QED) is 0.618. The van der Waals surface area contributed by atoms with E-state index in [-0.39, 0.29) is 5.78 Å². The van der Waals surface area contributed by atoms with Crippen molar-refractivity contribution in [1.82, 2.24) is 0 Å². The van der Waals surface area contributed by atoms with Crippen molar-refractivity contribution in [3.05, 3.63) is 82.9 Å². The number of methoxy groups -OCH3 is 1. The maximum absolute atomic E-state index is 12.8. The van der Waals surface area contributed by atoms with Gasteiger partial charge in [0.2, 0.25) is 0 Å². The predicted octanol–water partition coefficient (Wildman–Crippen LogP) is 5.06. The van der Waals surface area contributed by atoms with Crippen molar-refractivity contribution in [2.24, 2.45) is 0 Å². The van der Waals surface area contributed by atoms with E-state index in [2.05, 4.69) is 30.3 Å². The summed E-state index contributed by atoms with van der Waals surface area (Å²) in [5.41, 5.74) is 3.86. The first-order valence-corrected chi connectivity index (χ1v) is 8.16. The second-order valence-corrected chi connectivity index (χ2v) is 6.09. The van der Waals surface area contributed by atoms with Gasteiger partial charge in [0.1, 0.15) is 5.75 Å². The molecule has 0 saturated heterocycles. The summed E-state index contributed by atoms with van der Waals surface area (Å²) >= 11 is 0. The minimum Gasteiger partial charge on any atom is -0.497 e. The molecule has 2 heteroatoms. The lowest BCUT2D eigenvalue weighted by Gasteiger charge is -2.18. The topological polar surface area (TPSA) is 26.3 Å². The van der Waals surface area contributed by atoms with Crippen LogP contribution >= 0.6 is 0 Å². The van der Waals surface area contributed by atoms with Crippen LogP contribution in [-0.4, -0.2) is 12.9 Å². The molecule has 118 valence electrons. The minimum atomic E-state index is 0.131. The number of aryl methyl sites for hydroxylation is 1. The molecule has 0 heterocycles. The second kappa shape index (κ2) is 5.97. The van der Waals surface area contributed by atoms with Crippen LogP contribution in [0.5, 0.6) is 5.75 Å². The van der Waals surface area contributed by atoms with E-state index in [1.54, 1.807) is 7.11 Å². The number of carbonyl (C=O) groups excluding carboxylic acids is 1. The van der Waals surface area contributed by atoms with Crippen LogP contribution in [0.2, 0.25) is 0 Å². The van der Waals surface area contributed by atoms with Gasteiger partial charge in [0.05, 0.1) is 7.11 Å². The van der Waals surface area contributed by atoms with Crippen molar-refractivity contribution in [1.29, 1.82) is 0 Å². The summed E-state index contributed by atoms with van der Waals surface area (Å²) in [5.74, 6) is 0.940. The third kappa shape index (κ3) is 2.50.